The zero-order chi connectivity index (χ0) is 15.9. The maximum absolute atomic E-state index is 13.2. The maximum Gasteiger partial charge on any atom is 0.246 e. The molecule has 23 heavy (non-hydrogen) atoms. The van der Waals surface area contributed by atoms with Crippen LogP contribution in [0.2, 0.25) is 0 Å². The van der Waals surface area contributed by atoms with Crippen molar-refractivity contribution in [2.45, 2.75) is 6.54 Å². The first-order valence-corrected chi connectivity index (χ1v) is 7.48. The number of amides is 2. The molecule has 1 aromatic carbocycles. The van der Waals surface area contributed by atoms with Crippen LogP contribution in [0.1, 0.15) is 0 Å². The molecule has 4 rings (SSSR count). The summed E-state index contributed by atoms with van der Waals surface area (Å²) in [5.41, 5.74) is -0.272. The number of aromatic nitrogens is 2. The van der Waals surface area contributed by atoms with Crippen molar-refractivity contribution in [3.63, 3.8) is 0 Å². The zero-order valence-electron chi connectivity index (χ0n) is 12.4. The molecule has 2 aromatic rings. The number of para-hydroxylation sites is 1. The number of anilines is 1. The minimum atomic E-state index is -0.887. The van der Waals surface area contributed by atoms with E-state index in [0.29, 0.717) is 12.2 Å². The first-order chi connectivity index (χ1) is 11.2. The summed E-state index contributed by atoms with van der Waals surface area (Å²) in [5.74, 6) is -0.850. The average molecular weight is 305 g/mol. The third-order valence-corrected chi connectivity index (χ3v) is 4.47. The van der Waals surface area contributed by atoms with Gasteiger partial charge in [-0.25, -0.2) is 9.88 Å². The lowest BCUT2D eigenvalue weighted by atomic mass is 9.74. The van der Waals surface area contributed by atoms with Gasteiger partial charge in [0.05, 0.1) is 17.9 Å². The highest BCUT2D eigenvalue weighted by Crippen LogP contribution is 2.45. The minimum Gasteiger partial charge on any atom is -0.336 e. The molecule has 2 atom stereocenters. The zero-order valence-corrected chi connectivity index (χ0v) is 12.4. The summed E-state index contributed by atoms with van der Waals surface area (Å²) in [6.45, 7) is 0.395. The van der Waals surface area contributed by atoms with E-state index < -0.39 is 11.3 Å². The predicted octanol–water partition coefficient (Wildman–Crippen LogP) is 2.19. The number of rotatable bonds is 3. The van der Waals surface area contributed by atoms with Crippen molar-refractivity contribution < 1.29 is 9.59 Å². The number of carbonyl (C=O) groups excluding carboxylic acids is 2. The Kier molecular flexibility index (Phi) is 3.01. The monoisotopic (exact) mass is 305 g/mol. The lowest BCUT2D eigenvalue weighted by Crippen LogP contribution is -2.39. The second-order valence-corrected chi connectivity index (χ2v) is 5.81. The number of hydrogen-bond donors (Lipinski definition) is 0. The molecule has 0 bridgehead atoms. The lowest BCUT2D eigenvalue weighted by molar-refractivity contribution is -0.124. The summed E-state index contributed by atoms with van der Waals surface area (Å²) in [5, 5.41) is 0. The smallest absolute Gasteiger partial charge is 0.246 e. The molecule has 1 fully saturated rings. The van der Waals surface area contributed by atoms with Gasteiger partial charge < -0.3 is 4.57 Å². The van der Waals surface area contributed by atoms with E-state index in [1.54, 1.807) is 30.9 Å². The second-order valence-electron chi connectivity index (χ2n) is 5.81. The normalized spacial score (nSPS) is 25.9. The standard InChI is InChI=1S/C18H15N3O2/c22-16-15-8-4-5-9-18(15,12-20-11-10-19-13-20)17(23)21(16)14-6-2-1-3-7-14/h1-11,13,15H,12H2. The van der Waals surface area contributed by atoms with E-state index in [9.17, 15) is 9.59 Å². The number of imidazole rings is 1. The van der Waals surface area contributed by atoms with Gasteiger partial charge in [-0.2, -0.15) is 0 Å². The van der Waals surface area contributed by atoms with Crippen molar-refractivity contribution in [2.24, 2.45) is 11.3 Å². The summed E-state index contributed by atoms with van der Waals surface area (Å²) in [7, 11) is 0. The number of carbonyl (C=O) groups is 2. The molecule has 2 amide bonds. The molecule has 1 saturated heterocycles. The van der Waals surface area contributed by atoms with E-state index >= 15 is 0 Å². The van der Waals surface area contributed by atoms with Crippen LogP contribution < -0.4 is 4.90 Å². The van der Waals surface area contributed by atoms with Crippen LogP contribution in [-0.2, 0) is 16.1 Å². The molecule has 2 heterocycles. The van der Waals surface area contributed by atoms with Crippen molar-refractivity contribution in [2.75, 3.05) is 4.90 Å². The van der Waals surface area contributed by atoms with E-state index in [1.165, 1.54) is 4.90 Å². The lowest BCUT2D eigenvalue weighted by Gasteiger charge is -2.28. The number of nitrogens with zero attached hydrogens (tertiary/aromatic N) is 3. The second kappa shape index (κ2) is 5.05. The molecule has 0 spiro atoms. The Hall–Kier alpha value is -2.95. The van der Waals surface area contributed by atoms with Gasteiger partial charge in [0.1, 0.15) is 5.41 Å². The van der Waals surface area contributed by atoms with Crippen LogP contribution in [-0.4, -0.2) is 21.4 Å². The molecular weight excluding hydrogens is 290 g/mol. The molecule has 2 unspecified atom stereocenters. The molecule has 5 nitrogen and oxygen atoms in total. The molecular formula is C18H15N3O2. The van der Waals surface area contributed by atoms with Crippen LogP contribution in [0.5, 0.6) is 0 Å². The third kappa shape index (κ3) is 1.97. The van der Waals surface area contributed by atoms with Crippen molar-refractivity contribution in [3.05, 3.63) is 73.4 Å². The van der Waals surface area contributed by atoms with Crippen LogP contribution in [0.4, 0.5) is 5.69 Å². The number of benzene rings is 1. The van der Waals surface area contributed by atoms with Gasteiger partial charge in [0.2, 0.25) is 11.8 Å². The molecule has 0 N–H and O–H groups in total. The topological polar surface area (TPSA) is 55.2 Å². The fourth-order valence-corrected chi connectivity index (χ4v) is 3.35. The van der Waals surface area contributed by atoms with Gasteiger partial charge in [0, 0.05) is 18.9 Å². The molecule has 1 aliphatic carbocycles. The molecule has 5 heteroatoms. The summed E-state index contributed by atoms with van der Waals surface area (Å²) >= 11 is 0. The molecule has 0 radical (unpaired) electrons. The number of fused-ring (bicyclic) bond motifs is 1. The fraction of sp³-hybridized carbons (Fsp3) is 0.167. The predicted molar refractivity (Wildman–Crippen MR) is 85.4 cm³/mol. The van der Waals surface area contributed by atoms with Crippen molar-refractivity contribution >= 4 is 17.5 Å². The van der Waals surface area contributed by atoms with Crippen LogP contribution in [0, 0.1) is 11.3 Å². The minimum absolute atomic E-state index is 0.179. The Bertz CT molecular complexity index is 808. The maximum atomic E-state index is 13.2. The average Bonchev–Trinajstić information content (AvgIpc) is 3.15. The highest BCUT2D eigenvalue weighted by Gasteiger charge is 2.58. The first-order valence-electron chi connectivity index (χ1n) is 7.48. The van der Waals surface area contributed by atoms with E-state index in [4.69, 9.17) is 0 Å². The van der Waals surface area contributed by atoms with Gasteiger partial charge in [-0.05, 0) is 12.1 Å². The van der Waals surface area contributed by atoms with Crippen molar-refractivity contribution in [1.82, 2.24) is 9.55 Å². The molecule has 2 aliphatic rings. The number of allylic oxidation sites excluding steroid dienone is 2. The number of hydrogen-bond acceptors (Lipinski definition) is 3. The third-order valence-electron chi connectivity index (χ3n) is 4.47. The van der Waals surface area contributed by atoms with Gasteiger partial charge in [-0.15, -0.1) is 0 Å². The molecule has 1 aromatic heterocycles. The fourth-order valence-electron chi connectivity index (χ4n) is 3.35. The summed E-state index contributed by atoms with van der Waals surface area (Å²) in [6.07, 6.45) is 12.5. The van der Waals surface area contributed by atoms with E-state index in [1.807, 2.05) is 47.1 Å². The van der Waals surface area contributed by atoms with E-state index in [-0.39, 0.29) is 11.8 Å². The molecule has 114 valence electrons. The molecule has 1 aliphatic heterocycles. The Morgan fingerprint density at radius 2 is 1.96 bits per heavy atom. The van der Waals surface area contributed by atoms with Gasteiger partial charge >= 0.3 is 0 Å². The number of imide groups is 1. The molecule has 0 saturated carbocycles. The van der Waals surface area contributed by atoms with Crippen LogP contribution in [0.15, 0.2) is 73.4 Å². The van der Waals surface area contributed by atoms with Gasteiger partial charge in [-0.3, -0.25) is 9.59 Å². The summed E-state index contributed by atoms with van der Waals surface area (Å²) in [4.78, 5) is 31.4. The van der Waals surface area contributed by atoms with Crippen LogP contribution in [0.25, 0.3) is 0 Å². The largest absolute Gasteiger partial charge is 0.336 e. The van der Waals surface area contributed by atoms with Gasteiger partial charge in [0.15, 0.2) is 0 Å². The summed E-state index contributed by atoms with van der Waals surface area (Å²) in [6, 6.07) is 9.08. The summed E-state index contributed by atoms with van der Waals surface area (Å²) < 4.78 is 1.84. The van der Waals surface area contributed by atoms with Crippen molar-refractivity contribution in [3.8, 4) is 0 Å². The van der Waals surface area contributed by atoms with Gasteiger partial charge in [0.25, 0.3) is 0 Å². The van der Waals surface area contributed by atoms with Crippen molar-refractivity contribution in [1.29, 1.82) is 0 Å². The first kappa shape index (κ1) is 13.7. The SMILES string of the molecule is O=C1C2C=CC=CC2(Cn2ccnc2)C(=O)N1c1ccccc1. The Morgan fingerprint density at radius 3 is 2.70 bits per heavy atom. The highest BCUT2D eigenvalue weighted by molar-refractivity contribution is 6.25. The Labute approximate surface area is 133 Å². The van der Waals surface area contributed by atoms with E-state index in [0.717, 1.165) is 0 Å². The van der Waals surface area contributed by atoms with Crippen LogP contribution >= 0.6 is 0 Å². The Morgan fingerprint density at radius 1 is 1.13 bits per heavy atom. The van der Waals surface area contributed by atoms with E-state index in [2.05, 4.69) is 4.98 Å². The Balaban J connectivity index is 1.80. The highest BCUT2D eigenvalue weighted by atomic mass is 16.2. The quantitative estimate of drug-likeness (QED) is 0.817. The van der Waals surface area contributed by atoms with Crippen LogP contribution in [0.3, 0.4) is 0 Å². The van der Waals surface area contributed by atoms with Gasteiger partial charge in [-0.1, -0.05) is 42.5 Å².